The van der Waals surface area contributed by atoms with Gasteiger partial charge in [-0.3, -0.25) is 4.79 Å². The molecule has 1 unspecified atom stereocenters. The van der Waals surface area contributed by atoms with Crippen molar-refractivity contribution in [2.75, 3.05) is 11.1 Å². The third-order valence-corrected chi connectivity index (χ3v) is 4.21. The molecule has 1 aliphatic heterocycles. The lowest BCUT2D eigenvalue weighted by atomic mass is 10.1. The summed E-state index contributed by atoms with van der Waals surface area (Å²) in [5, 5.41) is 12.2. The summed E-state index contributed by atoms with van der Waals surface area (Å²) in [7, 11) is 0. The van der Waals surface area contributed by atoms with Crippen molar-refractivity contribution < 1.29 is 9.90 Å². The molecule has 0 fully saturated rings. The van der Waals surface area contributed by atoms with Gasteiger partial charge in [-0.25, -0.2) is 0 Å². The third-order valence-electron chi connectivity index (χ3n) is 2.99. The summed E-state index contributed by atoms with van der Waals surface area (Å²) in [6.45, 7) is 2.14. The molecule has 2 rings (SSSR count). The Hall–Kier alpha value is -1.16. The van der Waals surface area contributed by atoms with Gasteiger partial charge in [-0.15, -0.1) is 11.8 Å². The van der Waals surface area contributed by atoms with E-state index in [4.69, 9.17) is 5.11 Å². The maximum Gasteiger partial charge on any atom is 0.303 e. The van der Waals surface area contributed by atoms with Gasteiger partial charge >= 0.3 is 5.97 Å². The van der Waals surface area contributed by atoms with Crippen LogP contribution >= 0.6 is 11.8 Å². The Morgan fingerprint density at radius 3 is 3.12 bits per heavy atom. The number of aryl methyl sites for hydroxylation is 1. The molecule has 0 saturated heterocycles. The Bertz CT molecular complexity index is 406. The van der Waals surface area contributed by atoms with E-state index >= 15 is 0 Å². The lowest BCUT2D eigenvalue weighted by Gasteiger charge is -2.28. The molecule has 4 heteroatoms. The maximum absolute atomic E-state index is 10.6. The molecule has 0 saturated carbocycles. The highest BCUT2D eigenvalue weighted by molar-refractivity contribution is 7.99. The number of rotatable bonds is 4. The first-order valence-electron chi connectivity index (χ1n) is 5.93. The van der Waals surface area contributed by atoms with Crippen LogP contribution in [0.2, 0.25) is 0 Å². The molecule has 92 valence electrons. The number of anilines is 1. The first kappa shape index (κ1) is 12.3. The lowest BCUT2D eigenvalue weighted by molar-refractivity contribution is -0.137. The molecule has 0 spiro atoms. The second-order valence-electron chi connectivity index (χ2n) is 4.23. The predicted molar refractivity (Wildman–Crippen MR) is 70.8 cm³/mol. The molecular formula is C13H17NO2S. The highest BCUT2D eigenvalue weighted by Crippen LogP contribution is 2.36. The quantitative estimate of drug-likeness (QED) is 0.863. The van der Waals surface area contributed by atoms with Crippen LogP contribution in [-0.2, 0) is 11.2 Å². The van der Waals surface area contributed by atoms with Crippen molar-refractivity contribution in [2.45, 2.75) is 37.1 Å². The SMILES string of the molecule is CCc1cccc2c1NC(CCC(=O)O)CS2. The molecule has 1 aromatic carbocycles. The summed E-state index contributed by atoms with van der Waals surface area (Å²) in [4.78, 5) is 11.9. The summed E-state index contributed by atoms with van der Waals surface area (Å²) in [6.07, 6.45) is 1.93. The Kier molecular flexibility index (Phi) is 3.94. The zero-order chi connectivity index (χ0) is 12.3. The topological polar surface area (TPSA) is 49.3 Å². The zero-order valence-corrected chi connectivity index (χ0v) is 10.7. The van der Waals surface area contributed by atoms with Gasteiger partial charge in [-0.2, -0.15) is 0 Å². The fourth-order valence-electron chi connectivity index (χ4n) is 2.04. The van der Waals surface area contributed by atoms with E-state index in [1.165, 1.54) is 16.1 Å². The van der Waals surface area contributed by atoms with Crippen molar-refractivity contribution in [3.05, 3.63) is 23.8 Å². The van der Waals surface area contributed by atoms with Gasteiger partial charge in [0.2, 0.25) is 0 Å². The Morgan fingerprint density at radius 1 is 1.59 bits per heavy atom. The first-order chi connectivity index (χ1) is 8.20. The molecule has 1 aliphatic rings. The fraction of sp³-hybridized carbons (Fsp3) is 0.462. The number of para-hydroxylation sites is 1. The molecule has 0 aliphatic carbocycles. The summed E-state index contributed by atoms with van der Waals surface area (Å²) < 4.78 is 0. The van der Waals surface area contributed by atoms with Crippen LogP contribution in [0.3, 0.4) is 0 Å². The smallest absolute Gasteiger partial charge is 0.303 e. The maximum atomic E-state index is 10.6. The number of hydrogen-bond acceptors (Lipinski definition) is 3. The number of fused-ring (bicyclic) bond motifs is 1. The minimum absolute atomic E-state index is 0.238. The van der Waals surface area contributed by atoms with Crippen LogP contribution in [0.15, 0.2) is 23.1 Å². The monoisotopic (exact) mass is 251 g/mol. The van der Waals surface area contributed by atoms with Crippen LogP contribution in [-0.4, -0.2) is 22.9 Å². The molecular weight excluding hydrogens is 234 g/mol. The molecule has 3 nitrogen and oxygen atoms in total. The van der Waals surface area contributed by atoms with E-state index < -0.39 is 5.97 Å². The average Bonchev–Trinajstić information content (AvgIpc) is 2.35. The standard InChI is InChI=1S/C13H17NO2S/c1-2-9-4-3-5-11-13(9)14-10(8-17-11)6-7-12(15)16/h3-5,10,14H,2,6-8H2,1H3,(H,15,16). The minimum Gasteiger partial charge on any atom is -0.481 e. The van der Waals surface area contributed by atoms with Crippen molar-refractivity contribution in [1.82, 2.24) is 0 Å². The fourth-order valence-corrected chi connectivity index (χ4v) is 3.18. The average molecular weight is 251 g/mol. The molecule has 0 bridgehead atoms. The van der Waals surface area contributed by atoms with Gasteiger partial charge in [0, 0.05) is 23.1 Å². The van der Waals surface area contributed by atoms with Crippen molar-refractivity contribution in [3.8, 4) is 0 Å². The molecule has 0 radical (unpaired) electrons. The van der Waals surface area contributed by atoms with Crippen LogP contribution in [0.1, 0.15) is 25.3 Å². The Morgan fingerprint density at radius 2 is 2.41 bits per heavy atom. The highest BCUT2D eigenvalue weighted by Gasteiger charge is 2.20. The van der Waals surface area contributed by atoms with E-state index in [2.05, 4.69) is 30.4 Å². The van der Waals surface area contributed by atoms with Crippen LogP contribution in [0.25, 0.3) is 0 Å². The minimum atomic E-state index is -0.716. The molecule has 17 heavy (non-hydrogen) atoms. The normalized spacial score (nSPS) is 18.3. The van der Waals surface area contributed by atoms with Gasteiger partial charge < -0.3 is 10.4 Å². The summed E-state index contributed by atoms with van der Waals surface area (Å²) in [5.74, 6) is 0.236. The van der Waals surface area contributed by atoms with E-state index in [0.29, 0.717) is 6.42 Å². The second-order valence-corrected chi connectivity index (χ2v) is 5.29. The molecule has 1 atom stereocenters. The van der Waals surface area contributed by atoms with E-state index in [1.807, 2.05) is 11.8 Å². The number of thioether (sulfide) groups is 1. The third kappa shape index (κ3) is 2.94. The van der Waals surface area contributed by atoms with E-state index in [1.54, 1.807) is 0 Å². The second kappa shape index (κ2) is 5.45. The number of hydrogen-bond donors (Lipinski definition) is 2. The molecule has 1 aromatic rings. The summed E-state index contributed by atoms with van der Waals surface area (Å²) in [5.41, 5.74) is 2.52. The number of carbonyl (C=O) groups is 1. The predicted octanol–water partition coefficient (Wildman–Crippen LogP) is 3.00. The lowest BCUT2D eigenvalue weighted by Crippen LogP contribution is -2.27. The van der Waals surface area contributed by atoms with Crippen molar-refractivity contribution in [1.29, 1.82) is 0 Å². The number of carboxylic acid groups (broad SMARTS) is 1. The number of benzene rings is 1. The Balaban J connectivity index is 2.09. The van der Waals surface area contributed by atoms with Crippen molar-refractivity contribution in [3.63, 3.8) is 0 Å². The molecule has 2 N–H and O–H groups in total. The van der Waals surface area contributed by atoms with Crippen LogP contribution in [0.4, 0.5) is 5.69 Å². The van der Waals surface area contributed by atoms with E-state index in [-0.39, 0.29) is 12.5 Å². The van der Waals surface area contributed by atoms with E-state index in [0.717, 1.165) is 12.2 Å². The van der Waals surface area contributed by atoms with Crippen molar-refractivity contribution in [2.24, 2.45) is 0 Å². The molecule has 0 aromatic heterocycles. The van der Waals surface area contributed by atoms with Crippen LogP contribution < -0.4 is 5.32 Å². The first-order valence-corrected chi connectivity index (χ1v) is 6.92. The van der Waals surface area contributed by atoms with E-state index in [9.17, 15) is 4.79 Å². The largest absolute Gasteiger partial charge is 0.481 e. The molecule has 1 heterocycles. The summed E-state index contributed by atoms with van der Waals surface area (Å²) in [6, 6.07) is 6.62. The van der Waals surface area contributed by atoms with Gasteiger partial charge in [0.25, 0.3) is 0 Å². The van der Waals surface area contributed by atoms with Crippen LogP contribution in [0.5, 0.6) is 0 Å². The van der Waals surface area contributed by atoms with Gasteiger partial charge in [0.05, 0.1) is 5.69 Å². The zero-order valence-electron chi connectivity index (χ0n) is 9.90. The summed E-state index contributed by atoms with van der Waals surface area (Å²) >= 11 is 1.82. The highest BCUT2D eigenvalue weighted by atomic mass is 32.2. The van der Waals surface area contributed by atoms with Crippen molar-refractivity contribution >= 4 is 23.4 Å². The van der Waals surface area contributed by atoms with Gasteiger partial charge in [-0.05, 0) is 24.5 Å². The number of nitrogens with one attached hydrogen (secondary N) is 1. The van der Waals surface area contributed by atoms with Gasteiger partial charge in [0.15, 0.2) is 0 Å². The van der Waals surface area contributed by atoms with Crippen LogP contribution in [0, 0.1) is 0 Å². The number of aliphatic carboxylic acids is 1. The Labute approximate surface area is 106 Å². The number of carboxylic acids is 1. The molecule has 0 amide bonds. The van der Waals surface area contributed by atoms with Gasteiger partial charge in [0.1, 0.15) is 0 Å². The van der Waals surface area contributed by atoms with Gasteiger partial charge in [-0.1, -0.05) is 19.1 Å².